The Morgan fingerprint density at radius 1 is 1.33 bits per heavy atom. The van der Waals surface area contributed by atoms with Gasteiger partial charge in [0, 0.05) is 0 Å². The molecule has 3 heteroatoms. The Balaban J connectivity index is 3.71. The van der Waals surface area contributed by atoms with Crippen LogP contribution in [0.1, 0.15) is 27.7 Å². The second-order valence-electron chi connectivity index (χ2n) is 2.96. The van der Waals surface area contributed by atoms with Crippen LogP contribution in [0.2, 0.25) is 0 Å². The fourth-order valence-electron chi connectivity index (χ4n) is 0.253. The van der Waals surface area contributed by atoms with Gasteiger partial charge in [-0.3, -0.25) is 0 Å². The number of nitrogens with zero attached hydrogens (tertiary/aromatic N) is 2. The lowest BCUT2D eigenvalue weighted by Gasteiger charge is -2.08. The second-order valence-corrected chi connectivity index (χ2v) is 2.96. The molecule has 54 valence electrons. The Kier molecular flexibility index (Phi) is 2.74. The summed E-state index contributed by atoms with van der Waals surface area (Å²) in [5, 5.41) is 7.06. The number of rotatable bonds is 1. The van der Waals surface area contributed by atoms with Gasteiger partial charge in [0.1, 0.15) is 0 Å². The van der Waals surface area contributed by atoms with Crippen molar-refractivity contribution in [2.24, 2.45) is 10.2 Å². The third-order valence-electron chi connectivity index (χ3n) is 0.517. The van der Waals surface area contributed by atoms with E-state index in [0.29, 0.717) is 0 Å². The van der Waals surface area contributed by atoms with Crippen LogP contribution >= 0.6 is 0 Å². The summed E-state index contributed by atoms with van der Waals surface area (Å²) >= 11 is 0. The van der Waals surface area contributed by atoms with Crippen LogP contribution < -0.4 is 0 Å². The monoisotopic (exact) mass is 132 g/mol. The third kappa shape index (κ3) is 7.53. The number of hydrogen-bond acceptors (Lipinski definition) is 2. The summed E-state index contributed by atoms with van der Waals surface area (Å²) in [7, 11) is 0. The van der Waals surface area contributed by atoms with E-state index in [9.17, 15) is 4.39 Å². The van der Waals surface area contributed by atoms with Gasteiger partial charge in [0.25, 0.3) is 0 Å². The standard InChI is InChI=1S/C6H13FN2/c1-5(7)8-9-6(2,3)4/h5H,1-4H3. The van der Waals surface area contributed by atoms with Gasteiger partial charge in [-0.25, -0.2) is 4.39 Å². The van der Waals surface area contributed by atoms with Gasteiger partial charge in [-0.15, -0.1) is 0 Å². The first-order chi connectivity index (χ1) is 3.92. The average Bonchev–Trinajstić information content (AvgIpc) is 1.59. The zero-order chi connectivity index (χ0) is 7.49. The molecule has 0 heterocycles. The summed E-state index contributed by atoms with van der Waals surface area (Å²) in [6.07, 6.45) is -1.18. The van der Waals surface area contributed by atoms with Crippen LogP contribution in [-0.4, -0.2) is 11.8 Å². The van der Waals surface area contributed by atoms with E-state index in [-0.39, 0.29) is 5.54 Å². The fraction of sp³-hybridized carbons (Fsp3) is 1.00. The van der Waals surface area contributed by atoms with Gasteiger partial charge < -0.3 is 0 Å². The molecule has 0 spiro atoms. The summed E-state index contributed by atoms with van der Waals surface area (Å²) in [6.45, 7) is 6.98. The van der Waals surface area contributed by atoms with Crippen molar-refractivity contribution in [2.45, 2.75) is 39.5 Å². The molecule has 0 N–H and O–H groups in total. The molecule has 0 rings (SSSR count). The first-order valence-electron chi connectivity index (χ1n) is 2.98. The lowest BCUT2D eigenvalue weighted by atomic mass is 10.1. The Morgan fingerprint density at radius 3 is 1.89 bits per heavy atom. The molecule has 0 aliphatic rings. The van der Waals surface area contributed by atoms with Crippen LogP contribution in [0.5, 0.6) is 0 Å². The van der Waals surface area contributed by atoms with Gasteiger partial charge >= 0.3 is 0 Å². The zero-order valence-electron chi connectivity index (χ0n) is 6.35. The van der Waals surface area contributed by atoms with Gasteiger partial charge in [-0.05, 0) is 27.7 Å². The van der Waals surface area contributed by atoms with Crippen molar-refractivity contribution in [2.75, 3.05) is 0 Å². The van der Waals surface area contributed by atoms with Gasteiger partial charge in [-0.2, -0.15) is 10.2 Å². The van der Waals surface area contributed by atoms with Crippen molar-refractivity contribution in [3.05, 3.63) is 0 Å². The molecule has 0 amide bonds. The van der Waals surface area contributed by atoms with E-state index >= 15 is 0 Å². The van der Waals surface area contributed by atoms with E-state index in [1.165, 1.54) is 6.92 Å². The van der Waals surface area contributed by atoms with Crippen LogP contribution in [0.4, 0.5) is 4.39 Å². The largest absolute Gasteiger partial charge is 0.220 e. The highest BCUT2D eigenvalue weighted by Gasteiger charge is 2.06. The van der Waals surface area contributed by atoms with Gasteiger partial charge in [0.05, 0.1) is 5.54 Å². The van der Waals surface area contributed by atoms with E-state index in [1.54, 1.807) is 0 Å². The van der Waals surface area contributed by atoms with E-state index in [2.05, 4.69) is 10.2 Å². The summed E-state index contributed by atoms with van der Waals surface area (Å²) in [4.78, 5) is 0. The number of halogens is 1. The molecular formula is C6H13FN2. The molecule has 1 unspecified atom stereocenters. The minimum absolute atomic E-state index is 0.250. The first-order valence-corrected chi connectivity index (χ1v) is 2.98. The maximum absolute atomic E-state index is 12.0. The quantitative estimate of drug-likeness (QED) is 0.387. The molecule has 0 aromatic rings. The number of hydrogen-bond donors (Lipinski definition) is 0. The lowest BCUT2D eigenvalue weighted by molar-refractivity contribution is 0.344. The van der Waals surface area contributed by atoms with Gasteiger partial charge in [0.15, 0.2) is 0 Å². The van der Waals surface area contributed by atoms with Crippen molar-refractivity contribution in [3.63, 3.8) is 0 Å². The van der Waals surface area contributed by atoms with Crippen molar-refractivity contribution in [3.8, 4) is 0 Å². The topological polar surface area (TPSA) is 24.7 Å². The molecule has 0 aliphatic heterocycles. The Morgan fingerprint density at radius 2 is 1.78 bits per heavy atom. The van der Waals surface area contributed by atoms with Crippen molar-refractivity contribution < 1.29 is 4.39 Å². The third-order valence-corrected chi connectivity index (χ3v) is 0.517. The van der Waals surface area contributed by atoms with Crippen LogP contribution in [0.3, 0.4) is 0 Å². The SMILES string of the molecule is CC(F)N=NC(C)(C)C. The fourth-order valence-corrected chi connectivity index (χ4v) is 0.253. The van der Waals surface area contributed by atoms with Gasteiger partial charge in [0.2, 0.25) is 6.30 Å². The van der Waals surface area contributed by atoms with Crippen LogP contribution in [0, 0.1) is 0 Å². The average molecular weight is 132 g/mol. The lowest BCUT2D eigenvalue weighted by Crippen LogP contribution is -2.08. The zero-order valence-corrected chi connectivity index (χ0v) is 6.35. The number of alkyl halides is 1. The molecule has 0 fully saturated rings. The predicted octanol–water partition coefficient (Wildman–Crippen LogP) is 2.55. The molecule has 1 atom stereocenters. The number of azo groups is 1. The summed E-state index contributed by atoms with van der Waals surface area (Å²) in [5.74, 6) is 0. The van der Waals surface area contributed by atoms with E-state index < -0.39 is 6.30 Å². The Labute approximate surface area is 55.2 Å². The molecule has 0 bridgehead atoms. The highest BCUT2D eigenvalue weighted by atomic mass is 19.1. The Hall–Kier alpha value is -0.470. The molecule has 2 nitrogen and oxygen atoms in total. The highest BCUT2D eigenvalue weighted by Crippen LogP contribution is 2.07. The molecule has 0 radical (unpaired) electrons. The van der Waals surface area contributed by atoms with E-state index in [1.807, 2.05) is 20.8 Å². The van der Waals surface area contributed by atoms with Gasteiger partial charge in [-0.1, -0.05) is 0 Å². The minimum atomic E-state index is -1.18. The maximum atomic E-state index is 12.0. The highest BCUT2D eigenvalue weighted by molar-refractivity contribution is 4.66. The van der Waals surface area contributed by atoms with E-state index in [0.717, 1.165) is 0 Å². The summed E-state index contributed by atoms with van der Waals surface area (Å²) in [5.41, 5.74) is -0.250. The second kappa shape index (κ2) is 2.90. The molecule has 9 heavy (non-hydrogen) atoms. The van der Waals surface area contributed by atoms with Crippen LogP contribution in [0.25, 0.3) is 0 Å². The minimum Gasteiger partial charge on any atom is -0.220 e. The molecule has 0 aliphatic carbocycles. The maximum Gasteiger partial charge on any atom is 0.207 e. The van der Waals surface area contributed by atoms with Crippen LogP contribution in [0.15, 0.2) is 10.2 Å². The smallest absolute Gasteiger partial charge is 0.207 e. The van der Waals surface area contributed by atoms with E-state index in [4.69, 9.17) is 0 Å². The first kappa shape index (κ1) is 8.53. The molecule has 0 aromatic carbocycles. The molecular weight excluding hydrogens is 119 g/mol. The Bertz CT molecular complexity index is 102. The summed E-state index contributed by atoms with van der Waals surface area (Å²) in [6, 6.07) is 0. The predicted molar refractivity (Wildman–Crippen MR) is 35.2 cm³/mol. The van der Waals surface area contributed by atoms with Crippen molar-refractivity contribution >= 4 is 0 Å². The van der Waals surface area contributed by atoms with Crippen LogP contribution in [-0.2, 0) is 0 Å². The molecule has 0 saturated carbocycles. The molecule has 0 saturated heterocycles. The summed E-state index contributed by atoms with van der Waals surface area (Å²) < 4.78 is 12.0. The van der Waals surface area contributed by atoms with Crippen molar-refractivity contribution in [1.29, 1.82) is 0 Å². The molecule has 0 aromatic heterocycles. The normalized spacial score (nSPS) is 16.6. The van der Waals surface area contributed by atoms with Crippen molar-refractivity contribution in [1.82, 2.24) is 0 Å².